The summed E-state index contributed by atoms with van der Waals surface area (Å²) in [6.45, 7) is 6.93. The first kappa shape index (κ1) is 12.5. The van der Waals surface area contributed by atoms with E-state index in [-0.39, 0.29) is 11.9 Å². The van der Waals surface area contributed by atoms with Crippen LogP contribution in [-0.2, 0) is 6.54 Å². The van der Waals surface area contributed by atoms with E-state index in [1.165, 1.54) is 5.56 Å². The van der Waals surface area contributed by atoms with Crippen LogP contribution in [0.4, 0.5) is 4.39 Å². The number of aryl methyl sites for hydroxylation is 1. The van der Waals surface area contributed by atoms with Crippen molar-refractivity contribution in [1.29, 1.82) is 0 Å². The number of likely N-dealkylation sites (tertiary alicyclic amines) is 1. The number of halogens is 1. The number of nitrogens with two attached hydrogens (primary N) is 1. The summed E-state index contributed by atoms with van der Waals surface area (Å²) in [6.07, 6.45) is 1.15. The van der Waals surface area contributed by atoms with Crippen LogP contribution < -0.4 is 5.73 Å². The molecule has 0 amide bonds. The van der Waals surface area contributed by atoms with E-state index in [0.29, 0.717) is 5.92 Å². The Morgan fingerprint density at radius 1 is 1.47 bits per heavy atom. The lowest BCUT2D eigenvalue weighted by Gasteiger charge is -2.35. The maximum Gasteiger partial charge on any atom is 0.126 e. The zero-order valence-corrected chi connectivity index (χ0v) is 10.6. The third kappa shape index (κ3) is 3.05. The van der Waals surface area contributed by atoms with Crippen LogP contribution in [0, 0.1) is 18.7 Å². The minimum atomic E-state index is -0.127. The van der Waals surface area contributed by atoms with Crippen molar-refractivity contribution >= 4 is 0 Å². The van der Waals surface area contributed by atoms with Crippen molar-refractivity contribution in [2.45, 2.75) is 32.9 Å². The largest absolute Gasteiger partial charge is 0.326 e. The van der Waals surface area contributed by atoms with Crippen molar-refractivity contribution in [3.63, 3.8) is 0 Å². The first-order chi connectivity index (χ1) is 8.06. The van der Waals surface area contributed by atoms with Crippen LogP contribution in [0.5, 0.6) is 0 Å². The summed E-state index contributed by atoms with van der Waals surface area (Å²) in [5, 5.41) is 0. The van der Waals surface area contributed by atoms with Gasteiger partial charge in [-0.25, -0.2) is 4.39 Å². The standard InChI is InChI=1S/C14H21FN2/c1-10-5-6-17(9-14(10)16)8-12-3-4-13(15)11(2)7-12/h3-4,7,10,14H,5-6,8-9,16H2,1-2H3. The van der Waals surface area contributed by atoms with Gasteiger partial charge in [0.25, 0.3) is 0 Å². The summed E-state index contributed by atoms with van der Waals surface area (Å²) in [4.78, 5) is 2.36. The van der Waals surface area contributed by atoms with E-state index in [4.69, 9.17) is 5.73 Å². The molecule has 1 fully saturated rings. The van der Waals surface area contributed by atoms with E-state index >= 15 is 0 Å². The number of hydrogen-bond acceptors (Lipinski definition) is 2. The zero-order valence-electron chi connectivity index (χ0n) is 10.6. The third-order valence-electron chi connectivity index (χ3n) is 3.73. The molecule has 0 saturated carbocycles. The van der Waals surface area contributed by atoms with E-state index in [9.17, 15) is 4.39 Å². The second-order valence-corrected chi connectivity index (χ2v) is 5.25. The van der Waals surface area contributed by atoms with E-state index in [1.54, 1.807) is 6.07 Å². The fraction of sp³-hybridized carbons (Fsp3) is 0.571. The minimum absolute atomic E-state index is 0.127. The van der Waals surface area contributed by atoms with Gasteiger partial charge in [-0.05, 0) is 43.0 Å². The lowest BCUT2D eigenvalue weighted by molar-refractivity contribution is 0.162. The molecule has 2 atom stereocenters. The van der Waals surface area contributed by atoms with Crippen LogP contribution in [0.15, 0.2) is 18.2 Å². The van der Waals surface area contributed by atoms with Crippen LogP contribution in [0.3, 0.4) is 0 Å². The molecule has 1 heterocycles. The first-order valence-corrected chi connectivity index (χ1v) is 6.29. The summed E-state index contributed by atoms with van der Waals surface area (Å²) in [5.41, 5.74) is 7.97. The van der Waals surface area contributed by atoms with Crippen LogP contribution in [-0.4, -0.2) is 24.0 Å². The molecule has 2 N–H and O–H groups in total. The molecule has 3 heteroatoms. The molecule has 1 aromatic rings. The van der Waals surface area contributed by atoms with Gasteiger partial charge in [-0.1, -0.05) is 19.1 Å². The summed E-state index contributed by atoms with van der Waals surface area (Å²) < 4.78 is 13.2. The maximum absolute atomic E-state index is 13.2. The Balaban J connectivity index is 1.99. The van der Waals surface area contributed by atoms with Gasteiger partial charge in [0.05, 0.1) is 0 Å². The zero-order chi connectivity index (χ0) is 12.4. The van der Waals surface area contributed by atoms with Gasteiger partial charge >= 0.3 is 0 Å². The Labute approximate surface area is 103 Å². The van der Waals surface area contributed by atoms with Gasteiger partial charge in [0, 0.05) is 19.1 Å². The first-order valence-electron chi connectivity index (χ1n) is 6.29. The lowest BCUT2D eigenvalue weighted by atomic mass is 9.94. The molecular weight excluding hydrogens is 215 g/mol. The monoisotopic (exact) mass is 236 g/mol. The van der Waals surface area contributed by atoms with Gasteiger partial charge in [-0.3, -0.25) is 4.90 Å². The normalized spacial score (nSPS) is 26.1. The van der Waals surface area contributed by atoms with Gasteiger partial charge in [0.15, 0.2) is 0 Å². The summed E-state index contributed by atoms with van der Waals surface area (Å²) in [6, 6.07) is 5.62. The van der Waals surface area contributed by atoms with Crippen LogP contribution in [0.25, 0.3) is 0 Å². The molecule has 17 heavy (non-hydrogen) atoms. The molecule has 0 aromatic heterocycles. The summed E-state index contributed by atoms with van der Waals surface area (Å²) in [7, 11) is 0. The van der Waals surface area contributed by atoms with Crippen molar-refractivity contribution in [2.24, 2.45) is 11.7 Å². The molecule has 2 unspecified atom stereocenters. The van der Waals surface area contributed by atoms with Gasteiger partial charge in [-0.2, -0.15) is 0 Å². The Kier molecular flexibility index (Phi) is 3.79. The van der Waals surface area contributed by atoms with E-state index < -0.39 is 0 Å². The Bertz CT molecular complexity index is 392. The summed E-state index contributed by atoms with van der Waals surface area (Å²) in [5.74, 6) is 0.485. The Hall–Kier alpha value is -0.930. The average molecular weight is 236 g/mol. The number of rotatable bonds is 2. The number of hydrogen-bond donors (Lipinski definition) is 1. The summed E-state index contributed by atoms with van der Waals surface area (Å²) >= 11 is 0. The van der Waals surface area contributed by atoms with Crippen LogP contribution >= 0.6 is 0 Å². The second-order valence-electron chi connectivity index (χ2n) is 5.25. The molecule has 1 aliphatic rings. The molecule has 0 bridgehead atoms. The van der Waals surface area contributed by atoms with Crippen LogP contribution in [0.1, 0.15) is 24.5 Å². The molecule has 1 saturated heterocycles. The molecule has 2 rings (SSSR count). The molecule has 0 aliphatic carbocycles. The highest BCUT2D eigenvalue weighted by molar-refractivity contribution is 5.23. The van der Waals surface area contributed by atoms with Crippen molar-refractivity contribution in [2.75, 3.05) is 13.1 Å². The predicted molar refractivity (Wildman–Crippen MR) is 68.2 cm³/mol. The fourth-order valence-electron chi connectivity index (χ4n) is 2.38. The number of nitrogens with zero attached hydrogens (tertiary/aromatic N) is 1. The van der Waals surface area contributed by atoms with Gasteiger partial charge < -0.3 is 5.73 Å². The number of benzene rings is 1. The molecule has 0 radical (unpaired) electrons. The van der Waals surface area contributed by atoms with Crippen molar-refractivity contribution in [3.8, 4) is 0 Å². The van der Waals surface area contributed by atoms with E-state index in [2.05, 4.69) is 11.8 Å². The highest BCUT2D eigenvalue weighted by Crippen LogP contribution is 2.18. The average Bonchev–Trinajstić information content (AvgIpc) is 2.29. The predicted octanol–water partition coefficient (Wildman–Crippen LogP) is 2.30. The topological polar surface area (TPSA) is 29.3 Å². The van der Waals surface area contributed by atoms with Gasteiger partial charge in [0.2, 0.25) is 0 Å². The fourth-order valence-corrected chi connectivity index (χ4v) is 2.38. The van der Waals surface area contributed by atoms with E-state index in [1.807, 2.05) is 19.1 Å². The molecule has 1 aromatic carbocycles. The molecular formula is C14H21FN2. The van der Waals surface area contributed by atoms with Crippen molar-refractivity contribution < 1.29 is 4.39 Å². The molecule has 0 spiro atoms. The molecule has 1 aliphatic heterocycles. The highest BCUT2D eigenvalue weighted by atomic mass is 19.1. The Morgan fingerprint density at radius 3 is 2.88 bits per heavy atom. The lowest BCUT2D eigenvalue weighted by Crippen LogP contribution is -2.47. The van der Waals surface area contributed by atoms with E-state index in [0.717, 1.165) is 31.6 Å². The minimum Gasteiger partial charge on any atom is -0.326 e. The SMILES string of the molecule is Cc1cc(CN2CCC(C)C(N)C2)ccc1F. The number of piperidine rings is 1. The molecule has 94 valence electrons. The van der Waals surface area contributed by atoms with Gasteiger partial charge in [0.1, 0.15) is 5.82 Å². The smallest absolute Gasteiger partial charge is 0.126 e. The third-order valence-corrected chi connectivity index (χ3v) is 3.73. The van der Waals surface area contributed by atoms with Crippen molar-refractivity contribution in [1.82, 2.24) is 4.90 Å². The van der Waals surface area contributed by atoms with Gasteiger partial charge in [-0.15, -0.1) is 0 Å². The van der Waals surface area contributed by atoms with Crippen LogP contribution in [0.2, 0.25) is 0 Å². The second kappa shape index (κ2) is 5.15. The molecule has 2 nitrogen and oxygen atoms in total. The highest BCUT2D eigenvalue weighted by Gasteiger charge is 2.22. The van der Waals surface area contributed by atoms with Crippen molar-refractivity contribution in [3.05, 3.63) is 35.1 Å². The Morgan fingerprint density at radius 2 is 2.24 bits per heavy atom. The maximum atomic E-state index is 13.2. The quantitative estimate of drug-likeness (QED) is 0.853.